The first-order valence-electron chi connectivity index (χ1n) is 6.60. The summed E-state index contributed by atoms with van der Waals surface area (Å²) in [5, 5.41) is 9.29. The molecule has 0 aliphatic carbocycles. The van der Waals surface area contributed by atoms with Gasteiger partial charge in [-0.1, -0.05) is 0 Å². The maximum Gasteiger partial charge on any atom is 0.260 e. The number of aliphatic hydroxyl groups is 1. The molecule has 1 aliphatic heterocycles. The standard InChI is InChI=1S/C14H17BrFNO3/c15-12-7-10(16)4-5-13(12)20-9-14(19)17-6-2-1-3-11(17)8-18/h4-5,7,11,18H,1-3,6,8-9H2. The van der Waals surface area contributed by atoms with Gasteiger partial charge < -0.3 is 14.7 Å². The molecule has 1 aromatic carbocycles. The molecule has 1 atom stereocenters. The van der Waals surface area contributed by atoms with E-state index in [2.05, 4.69) is 15.9 Å². The number of hydrogen-bond acceptors (Lipinski definition) is 3. The summed E-state index contributed by atoms with van der Waals surface area (Å²) in [6.45, 7) is 0.519. The number of aliphatic hydroxyl groups excluding tert-OH is 1. The van der Waals surface area contributed by atoms with Crippen molar-refractivity contribution in [1.82, 2.24) is 4.90 Å². The molecule has 0 bridgehead atoms. The van der Waals surface area contributed by atoms with Gasteiger partial charge in [0.25, 0.3) is 5.91 Å². The van der Waals surface area contributed by atoms with Gasteiger partial charge in [-0.2, -0.15) is 0 Å². The molecule has 1 aromatic rings. The van der Waals surface area contributed by atoms with Gasteiger partial charge in [-0.05, 0) is 53.4 Å². The highest BCUT2D eigenvalue weighted by Gasteiger charge is 2.26. The third kappa shape index (κ3) is 3.70. The summed E-state index contributed by atoms with van der Waals surface area (Å²) < 4.78 is 18.8. The van der Waals surface area contributed by atoms with Gasteiger partial charge in [0.05, 0.1) is 17.1 Å². The Balaban J connectivity index is 1.94. The minimum atomic E-state index is -0.369. The molecule has 1 saturated heterocycles. The topological polar surface area (TPSA) is 49.8 Å². The molecule has 0 radical (unpaired) electrons. The molecular weight excluding hydrogens is 329 g/mol. The van der Waals surface area contributed by atoms with Crippen LogP contribution in [0.15, 0.2) is 22.7 Å². The molecule has 1 amide bonds. The number of carbonyl (C=O) groups excluding carboxylic acids is 1. The first-order chi connectivity index (χ1) is 9.61. The van der Waals surface area contributed by atoms with Crippen LogP contribution in [0.1, 0.15) is 19.3 Å². The van der Waals surface area contributed by atoms with Gasteiger partial charge in [0.15, 0.2) is 6.61 Å². The molecule has 1 heterocycles. The van der Waals surface area contributed by atoms with Crippen LogP contribution in [-0.4, -0.2) is 41.7 Å². The maximum atomic E-state index is 12.9. The van der Waals surface area contributed by atoms with Crippen molar-refractivity contribution < 1.29 is 19.0 Å². The lowest BCUT2D eigenvalue weighted by Gasteiger charge is -2.34. The van der Waals surface area contributed by atoms with Gasteiger partial charge in [-0.3, -0.25) is 4.79 Å². The molecule has 20 heavy (non-hydrogen) atoms. The summed E-state index contributed by atoms with van der Waals surface area (Å²) in [6, 6.07) is 3.93. The van der Waals surface area contributed by atoms with Gasteiger partial charge in [-0.15, -0.1) is 0 Å². The van der Waals surface area contributed by atoms with E-state index in [1.165, 1.54) is 18.2 Å². The predicted molar refractivity (Wildman–Crippen MR) is 76.0 cm³/mol. The molecular formula is C14H17BrFNO3. The summed E-state index contributed by atoms with van der Waals surface area (Å²) in [7, 11) is 0. The fraction of sp³-hybridized carbons (Fsp3) is 0.500. The number of likely N-dealkylation sites (tertiary alicyclic amines) is 1. The maximum absolute atomic E-state index is 12.9. The summed E-state index contributed by atoms with van der Waals surface area (Å²) in [5.41, 5.74) is 0. The molecule has 0 spiro atoms. The second-order valence-electron chi connectivity index (χ2n) is 4.78. The normalized spacial score (nSPS) is 18.9. The van der Waals surface area contributed by atoms with Crippen LogP contribution < -0.4 is 4.74 Å². The molecule has 1 N–H and O–H groups in total. The number of rotatable bonds is 4. The van der Waals surface area contributed by atoms with Gasteiger partial charge >= 0.3 is 0 Å². The number of benzene rings is 1. The fourth-order valence-electron chi connectivity index (χ4n) is 2.33. The Morgan fingerprint density at radius 2 is 2.30 bits per heavy atom. The van der Waals surface area contributed by atoms with E-state index in [1.54, 1.807) is 4.90 Å². The van der Waals surface area contributed by atoms with Gasteiger partial charge in [0, 0.05) is 6.54 Å². The lowest BCUT2D eigenvalue weighted by atomic mass is 10.0. The fourth-order valence-corrected chi connectivity index (χ4v) is 2.80. The molecule has 0 aromatic heterocycles. The van der Waals surface area contributed by atoms with Gasteiger partial charge in [0.1, 0.15) is 11.6 Å². The molecule has 1 aliphatic rings. The molecule has 1 fully saturated rings. The Morgan fingerprint density at radius 1 is 1.50 bits per heavy atom. The zero-order valence-electron chi connectivity index (χ0n) is 11.0. The van der Waals surface area contributed by atoms with E-state index in [0.717, 1.165) is 19.3 Å². The lowest BCUT2D eigenvalue weighted by molar-refractivity contribution is -0.138. The summed E-state index contributed by atoms with van der Waals surface area (Å²) >= 11 is 3.19. The Morgan fingerprint density at radius 3 is 3.00 bits per heavy atom. The zero-order valence-corrected chi connectivity index (χ0v) is 12.6. The highest BCUT2D eigenvalue weighted by molar-refractivity contribution is 9.10. The number of carbonyl (C=O) groups is 1. The second-order valence-corrected chi connectivity index (χ2v) is 5.64. The number of ether oxygens (including phenoxy) is 1. The molecule has 110 valence electrons. The summed E-state index contributed by atoms with van der Waals surface area (Å²) in [5.74, 6) is -0.0933. The van der Waals surface area contributed by atoms with Gasteiger partial charge in [0.2, 0.25) is 0 Å². The largest absolute Gasteiger partial charge is 0.483 e. The highest BCUT2D eigenvalue weighted by Crippen LogP contribution is 2.25. The first kappa shape index (κ1) is 15.3. The molecule has 0 saturated carbocycles. The van der Waals surface area contributed by atoms with E-state index in [0.29, 0.717) is 16.8 Å². The molecule has 1 unspecified atom stereocenters. The van der Waals surface area contributed by atoms with Crippen molar-refractivity contribution in [2.75, 3.05) is 19.8 Å². The monoisotopic (exact) mass is 345 g/mol. The zero-order chi connectivity index (χ0) is 14.5. The van der Waals surface area contributed by atoms with Crippen LogP contribution in [-0.2, 0) is 4.79 Å². The van der Waals surface area contributed by atoms with E-state index in [-0.39, 0.29) is 31.0 Å². The SMILES string of the molecule is O=C(COc1ccc(F)cc1Br)N1CCCCC1CO. The van der Waals surface area contributed by atoms with Crippen LogP contribution in [0.2, 0.25) is 0 Å². The van der Waals surface area contributed by atoms with E-state index >= 15 is 0 Å². The average Bonchev–Trinajstić information content (AvgIpc) is 2.46. The quantitative estimate of drug-likeness (QED) is 0.911. The van der Waals surface area contributed by atoms with Crippen LogP contribution >= 0.6 is 15.9 Å². The molecule has 4 nitrogen and oxygen atoms in total. The van der Waals surface area contributed by atoms with Crippen molar-refractivity contribution in [2.45, 2.75) is 25.3 Å². The van der Waals surface area contributed by atoms with E-state index in [4.69, 9.17) is 4.74 Å². The molecule has 2 rings (SSSR count). The van der Waals surface area contributed by atoms with E-state index in [9.17, 15) is 14.3 Å². The Hall–Kier alpha value is -1.14. The smallest absolute Gasteiger partial charge is 0.260 e. The Bertz CT molecular complexity index is 483. The van der Waals surface area contributed by atoms with Crippen molar-refractivity contribution in [1.29, 1.82) is 0 Å². The van der Waals surface area contributed by atoms with Crippen molar-refractivity contribution in [3.63, 3.8) is 0 Å². The van der Waals surface area contributed by atoms with Crippen LogP contribution in [0.25, 0.3) is 0 Å². The van der Waals surface area contributed by atoms with Crippen LogP contribution in [0.5, 0.6) is 5.75 Å². The number of amides is 1. The highest BCUT2D eigenvalue weighted by atomic mass is 79.9. The Labute approximate surface area is 125 Å². The third-order valence-corrected chi connectivity index (χ3v) is 4.02. The summed E-state index contributed by atoms with van der Waals surface area (Å²) in [4.78, 5) is 13.8. The molecule has 6 heteroatoms. The second kappa shape index (κ2) is 7.04. The van der Waals surface area contributed by atoms with Crippen molar-refractivity contribution >= 4 is 21.8 Å². The Kier molecular flexibility index (Phi) is 5.37. The average molecular weight is 346 g/mol. The number of nitrogens with zero attached hydrogens (tertiary/aromatic N) is 1. The summed E-state index contributed by atoms with van der Waals surface area (Å²) in [6.07, 6.45) is 2.80. The predicted octanol–water partition coefficient (Wildman–Crippen LogP) is 2.34. The first-order valence-corrected chi connectivity index (χ1v) is 7.39. The van der Waals surface area contributed by atoms with Crippen LogP contribution in [0, 0.1) is 5.82 Å². The van der Waals surface area contributed by atoms with Crippen LogP contribution in [0.4, 0.5) is 4.39 Å². The van der Waals surface area contributed by atoms with E-state index < -0.39 is 0 Å². The van der Waals surface area contributed by atoms with Crippen molar-refractivity contribution in [3.05, 3.63) is 28.5 Å². The minimum Gasteiger partial charge on any atom is -0.483 e. The van der Waals surface area contributed by atoms with Crippen molar-refractivity contribution in [3.8, 4) is 5.75 Å². The number of hydrogen-bond donors (Lipinski definition) is 1. The number of halogens is 2. The van der Waals surface area contributed by atoms with E-state index in [1.807, 2.05) is 0 Å². The van der Waals surface area contributed by atoms with Gasteiger partial charge in [-0.25, -0.2) is 4.39 Å². The number of piperidine rings is 1. The lowest BCUT2D eigenvalue weighted by Crippen LogP contribution is -2.47. The third-order valence-electron chi connectivity index (χ3n) is 3.40. The van der Waals surface area contributed by atoms with Crippen molar-refractivity contribution in [2.24, 2.45) is 0 Å². The minimum absolute atomic E-state index is 0.0218. The van der Waals surface area contributed by atoms with Crippen LogP contribution in [0.3, 0.4) is 0 Å².